The van der Waals surface area contributed by atoms with Gasteiger partial charge in [0, 0.05) is 19.9 Å². The van der Waals surface area contributed by atoms with Crippen LogP contribution in [0, 0.1) is 3.57 Å². The fraction of sp³-hybridized carbons (Fsp3) is 0.281. The first-order valence-electron chi connectivity index (χ1n) is 14.1. The molecule has 0 saturated carbocycles. The van der Waals surface area contributed by atoms with Crippen LogP contribution in [0.15, 0.2) is 71.0 Å². The van der Waals surface area contributed by atoms with Crippen molar-refractivity contribution in [2.24, 2.45) is 5.10 Å². The molecule has 0 saturated heterocycles. The zero-order valence-electron chi connectivity index (χ0n) is 25.6. The van der Waals surface area contributed by atoms with Gasteiger partial charge in [0.15, 0.2) is 29.2 Å². The minimum absolute atomic E-state index is 0.178. The van der Waals surface area contributed by atoms with Gasteiger partial charge < -0.3 is 39.4 Å². The monoisotopic (exact) mass is 764 g/mol. The molecular formula is C32H34ClIN4O8. The number of ether oxygens (including phenoxy) is 5. The third-order valence-corrected chi connectivity index (χ3v) is 7.54. The molecule has 1 aliphatic rings. The lowest BCUT2D eigenvalue weighted by atomic mass is 9.95. The summed E-state index contributed by atoms with van der Waals surface area (Å²) in [4.78, 5) is 24.7. The number of hydrazone groups is 1. The molecule has 46 heavy (non-hydrogen) atoms. The number of carbonyl (C=O) groups excluding carboxylic acids is 2. The van der Waals surface area contributed by atoms with Crippen LogP contribution in [0.4, 0.5) is 4.79 Å². The number of benzene rings is 3. The van der Waals surface area contributed by atoms with Gasteiger partial charge in [0.25, 0.3) is 0 Å². The average Bonchev–Trinajstić information content (AvgIpc) is 3.03. The van der Waals surface area contributed by atoms with Crippen molar-refractivity contribution in [3.8, 4) is 23.0 Å². The van der Waals surface area contributed by atoms with Gasteiger partial charge in [-0.2, -0.15) is 5.10 Å². The van der Waals surface area contributed by atoms with Crippen LogP contribution in [0.5, 0.6) is 23.0 Å². The number of allylic oxidation sites excluding steroid dienone is 1. The standard InChI is InChI=1S/C32H34ClIN4O8/c1-5-44-25-13-20(29-28(31(40)43-4)18(2)36-32(41)37-29)8-11-24(25)45-17-27(39)38-35-15-21-12-23(34)14-26(42-3)30(21)46-16-19-6-9-22(33)10-7-19/h6-15,27,29,38-39H,5,16-17H2,1-4H3,(H2,36,37,41)/b35-15+/t27-,29-/m0/s1. The number of methoxy groups -OCH3 is 2. The quantitative estimate of drug-likeness (QED) is 0.0582. The lowest BCUT2D eigenvalue weighted by molar-refractivity contribution is -0.136. The molecule has 0 unspecified atom stereocenters. The molecule has 0 aliphatic carbocycles. The van der Waals surface area contributed by atoms with Crippen molar-refractivity contribution in [1.82, 2.24) is 16.1 Å². The van der Waals surface area contributed by atoms with Gasteiger partial charge in [0.1, 0.15) is 13.2 Å². The summed E-state index contributed by atoms with van der Waals surface area (Å²) >= 11 is 8.16. The number of aliphatic hydroxyl groups excluding tert-OH is 1. The van der Waals surface area contributed by atoms with Gasteiger partial charge in [-0.1, -0.05) is 29.8 Å². The molecule has 0 spiro atoms. The van der Waals surface area contributed by atoms with E-state index in [1.165, 1.54) is 13.3 Å². The predicted octanol–water partition coefficient (Wildman–Crippen LogP) is 5.05. The topological polar surface area (TPSA) is 149 Å². The van der Waals surface area contributed by atoms with Crippen LogP contribution in [0.3, 0.4) is 0 Å². The number of nitrogens with zero attached hydrogens (tertiary/aromatic N) is 1. The van der Waals surface area contributed by atoms with E-state index in [-0.39, 0.29) is 18.8 Å². The molecule has 3 aromatic rings. The molecular weight excluding hydrogens is 731 g/mol. The Morgan fingerprint density at radius 1 is 1.09 bits per heavy atom. The number of carbonyl (C=O) groups is 2. The van der Waals surface area contributed by atoms with Crippen molar-refractivity contribution in [3.63, 3.8) is 0 Å². The van der Waals surface area contributed by atoms with E-state index >= 15 is 0 Å². The Balaban J connectivity index is 1.44. The molecule has 14 heteroatoms. The highest BCUT2D eigenvalue weighted by Gasteiger charge is 2.32. The first kappa shape index (κ1) is 34.7. The summed E-state index contributed by atoms with van der Waals surface area (Å²) in [5.41, 5.74) is 5.44. The van der Waals surface area contributed by atoms with Crippen molar-refractivity contribution in [2.75, 3.05) is 27.4 Å². The van der Waals surface area contributed by atoms with E-state index in [9.17, 15) is 14.7 Å². The predicted molar refractivity (Wildman–Crippen MR) is 180 cm³/mol. The van der Waals surface area contributed by atoms with Crippen molar-refractivity contribution in [2.45, 2.75) is 32.7 Å². The largest absolute Gasteiger partial charge is 0.493 e. The second-order valence-electron chi connectivity index (χ2n) is 9.86. The summed E-state index contributed by atoms with van der Waals surface area (Å²) in [7, 11) is 2.83. The fourth-order valence-corrected chi connectivity index (χ4v) is 5.29. The van der Waals surface area contributed by atoms with E-state index < -0.39 is 24.3 Å². The van der Waals surface area contributed by atoms with E-state index in [1.54, 1.807) is 44.4 Å². The maximum atomic E-state index is 12.5. The molecule has 4 rings (SSSR count). The number of rotatable bonds is 14. The van der Waals surface area contributed by atoms with Crippen LogP contribution in [0.2, 0.25) is 5.02 Å². The van der Waals surface area contributed by atoms with Crippen LogP contribution < -0.4 is 35.0 Å². The zero-order chi connectivity index (χ0) is 33.2. The van der Waals surface area contributed by atoms with Crippen LogP contribution in [-0.4, -0.2) is 57.0 Å². The Hall–Kier alpha value is -4.21. The second-order valence-corrected chi connectivity index (χ2v) is 11.5. The molecule has 4 N–H and O–H groups in total. The third-order valence-electron chi connectivity index (χ3n) is 6.66. The van der Waals surface area contributed by atoms with E-state index in [0.29, 0.717) is 51.5 Å². The minimum atomic E-state index is -1.19. The maximum absolute atomic E-state index is 12.5. The summed E-state index contributed by atoms with van der Waals surface area (Å²) in [6, 6.07) is 14.8. The molecule has 3 aromatic carbocycles. The highest BCUT2D eigenvalue weighted by atomic mass is 127. The first-order valence-corrected chi connectivity index (χ1v) is 15.6. The summed E-state index contributed by atoms with van der Waals surface area (Å²) in [5, 5.41) is 20.7. The summed E-state index contributed by atoms with van der Waals surface area (Å²) < 4.78 is 29.1. The Kier molecular flexibility index (Phi) is 12.3. The number of hydrogen-bond donors (Lipinski definition) is 4. The van der Waals surface area contributed by atoms with Crippen LogP contribution >= 0.6 is 34.2 Å². The number of amides is 2. The second kappa shape index (κ2) is 16.4. The molecule has 0 aromatic heterocycles. The van der Waals surface area contributed by atoms with Gasteiger partial charge in [-0.15, -0.1) is 0 Å². The number of esters is 1. The van der Waals surface area contributed by atoms with Crippen molar-refractivity contribution < 1.29 is 38.4 Å². The van der Waals surface area contributed by atoms with Crippen molar-refractivity contribution in [1.29, 1.82) is 0 Å². The molecule has 0 bridgehead atoms. The molecule has 2 amide bonds. The molecule has 1 aliphatic heterocycles. The van der Waals surface area contributed by atoms with Gasteiger partial charge in [0.2, 0.25) is 0 Å². The van der Waals surface area contributed by atoms with Crippen LogP contribution in [0.1, 0.15) is 36.6 Å². The Labute approximate surface area is 285 Å². The molecule has 2 atom stereocenters. The smallest absolute Gasteiger partial charge is 0.337 e. The molecule has 0 radical (unpaired) electrons. The van der Waals surface area contributed by atoms with Crippen molar-refractivity contribution >= 4 is 52.4 Å². The number of urea groups is 1. The van der Waals surface area contributed by atoms with Gasteiger partial charge in [-0.05, 0) is 84.0 Å². The molecule has 12 nitrogen and oxygen atoms in total. The van der Waals surface area contributed by atoms with Gasteiger partial charge in [0.05, 0.1) is 38.7 Å². The minimum Gasteiger partial charge on any atom is -0.493 e. The van der Waals surface area contributed by atoms with E-state index in [0.717, 1.165) is 9.13 Å². The number of nitrogens with one attached hydrogen (secondary N) is 3. The Bertz CT molecular complexity index is 1620. The number of aliphatic hydroxyl groups is 1. The van der Waals surface area contributed by atoms with Gasteiger partial charge >= 0.3 is 12.0 Å². The van der Waals surface area contributed by atoms with E-state index in [1.807, 2.05) is 31.2 Å². The summed E-state index contributed by atoms with van der Waals surface area (Å²) in [6.45, 7) is 3.86. The van der Waals surface area contributed by atoms with Gasteiger partial charge in [-0.25, -0.2) is 9.59 Å². The lowest BCUT2D eigenvalue weighted by Gasteiger charge is -2.28. The maximum Gasteiger partial charge on any atom is 0.337 e. The Morgan fingerprint density at radius 2 is 1.85 bits per heavy atom. The lowest BCUT2D eigenvalue weighted by Crippen LogP contribution is -2.45. The first-order chi connectivity index (χ1) is 22.1. The number of hydrogen-bond acceptors (Lipinski definition) is 10. The summed E-state index contributed by atoms with van der Waals surface area (Å²) in [6.07, 6.45) is 0.335. The molecule has 1 heterocycles. The SMILES string of the molecule is CCOc1cc([C@@H]2NC(=O)NC(C)=C2C(=O)OC)ccc1OC[C@H](O)N/N=C/c1cc(I)cc(OC)c1OCc1ccc(Cl)cc1. The van der Waals surface area contributed by atoms with Crippen LogP contribution in [-0.2, 0) is 16.1 Å². The molecule has 244 valence electrons. The zero-order valence-corrected chi connectivity index (χ0v) is 28.5. The number of halogens is 2. The third kappa shape index (κ3) is 8.95. The highest BCUT2D eigenvalue weighted by Crippen LogP contribution is 2.35. The van der Waals surface area contributed by atoms with Crippen molar-refractivity contribution in [3.05, 3.63) is 91.2 Å². The Morgan fingerprint density at radius 3 is 2.54 bits per heavy atom. The van der Waals surface area contributed by atoms with Crippen LogP contribution in [0.25, 0.3) is 0 Å². The summed E-state index contributed by atoms with van der Waals surface area (Å²) in [5.74, 6) is 1.15. The average molecular weight is 765 g/mol. The fourth-order valence-electron chi connectivity index (χ4n) is 4.54. The van der Waals surface area contributed by atoms with Gasteiger partial charge in [-0.3, -0.25) is 5.43 Å². The highest BCUT2D eigenvalue weighted by molar-refractivity contribution is 14.1. The molecule has 0 fully saturated rings. The normalized spacial score (nSPS) is 15.1. The van der Waals surface area contributed by atoms with E-state index in [2.05, 4.69) is 43.8 Å². The van der Waals surface area contributed by atoms with E-state index in [4.69, 9.17) is 35.3 Å².